The molecule has 0 aliphatic heterocycles. The first-order chi connectivity index (χ1) is 7.91. The highest BCUT2D eigenvalue weighted by molar-refractivity contribution is 5.31. The molecule has 1 aromatic carbocycles. The molecule has 0 radical (unpaired) electrons. The lowest BCUT2D eigenvalue weighted by Crippen LogP contribution is -2.43. The Bertz CT molecular complexity index is 456. The SMILES string of the molecule is CC(C)(C#N)[C@@](O)(c1ccc(F)cc1)C1CC1. The van der Waals surface area contributed by atoms with Crippen molar-refractivity contribution >= 4 is 0 Å². The summed E-state index contributed by atoms with van der Waals surface area (Å²) >= 11 is 0. The molecule has 0 bridgehead atoms. The van der Waals surface area contributed by atoms with E-state index in [2.05, 4.69) is 6.07 Å². The highest BCUT2D eigenvalue weighted by Gasteiger charge is 2.55. The largest absolute Gasteiger partial charge is 0.383 e. The monoisotopic (exact) mass is 233 g/mol. The van der Waals surface area contributed by atoms with E-state index in [-0.39, 0.29) is 11.7 Å². The molecule has 0 heterocycles. The number of nitrogens with zero attached hydrogens (tertiary/aromatic N) is 1. The average molecular weight is 233 g/mol. The van der Waals surface area contributed by atoms with Crippen LogP contribution in [0.25, 0.3) is 0 Å². The zero-order valence-electron chi connectivity index (χ0n) is 10.1. The number of benzene rings is 1. The topological polar surface area (TPSA) is 44.0 Å². The third kappa shape index (κ3) is 1.83. The molecule has 0 saturated heterocycles. The normalized spacial score (nSPS) is 19.5. The van der Waals surface area contributed by atoms with E-state index in [9.17, 15) is 14.8 Å². The Morgan fingerprint density at radius 3 is 2.24 bits per heavy atom. The lowest BCUT2D eigenvalue weighted by Gasteiger charge is -2.39. The molecular weight excluding hydrogens is 217 g/mol. The van der Waals surface area contributed by atoms with E-state index in [0.717, 1.165) is 12.8 Å². The molecule has 1 aliphatic rings. The Labute approximate surface area is 101 Å². The first-order valence-corrected chi connectivity index (χ1v) is 5.81. The van der Waals surface area contributed by atoms with Gasteiger partial charge >= 0.3 is 0 Å². The number of aliphatic hydroxyl groups is 1. The maximum Gasteiger partial charge on any atom is 0.123 e. The Hall–Kier alpha value is -1.40. The van der Waals surface area contributed by atoms with E-state index in [0.29, 0.717) is 5.56 Å². The molecule has 1 N–H and O–H groups in total. The van der Waals surface area contributed by atoms with E-state index in [1.165, 1.54) is 12.1 Å². The van der Waals surface area contributed by atoms with Gasteiger partial charge in [0.25, 0.3) is 0 Å². The van der Waals surface area contributed by atoms with Gasteiger partial charge in [-0.25, -0.2) is 4.39 Å². The summed E-state index contributed by atoms with van der Waals surface area (Å²) in [5, 5.41) is 20.1. The molecule has 3 heteroatoms. The van der Waals surface area contributed by atoms with Gasteiger partial charge in [0, 0.05) is 0 Å². The molecule has 0 aromatic heterocycles. The number of hydrogen-bond acceptors (Lipinski definition) is 2. The fourth-order valence-corrected chi connectivity index (χ4v) is 2.40. The molecular formula is C14H16FNO. The molecule has 1 saturated carbocycles. The van der Waals surface area contributed by atoms with E-state index < -0.39 is 11.0 Å². The first-order valence-electron chi connectivity index (χ1n) is 5.81. The van der Waals surface area contributed by atoms with Crippen LogP contribution in [0, 0.1) is 28.5 Å². The van der Waals surface area contributed by atoms with Crippen molar-refractivity contribution < 1.29 is 9.50 Å². The Kier molecular flexibility index (Phi) is 2.71. The van der Waals surface area contributed by atoms with Crippen molar-refractivity contribution in [2.24, 2.45) is 11.3 Å². The third-order valence-corrected chi connectivity index (χ3v) is 3.68. The van der Waals surface area contributed by atoms with Gasteiger partial charge < -0.3 is 5.11 Å². The summed E-state index contributed by atoms with van der Waals surface area (Å²) in [6.07, 6.45) is 1.83. The van der Waals surface area contributed by atoms with Gasteiger partial charge in [-0.3, -0.25) is 0 Å². The molecule has 2 nitrogen and oxygen atoms in total. The van der Waals surface area contributed by atoms with Crippen LogP contribution in [-0.4, -0.2) is 5.11 Å². The molecule has 1 atom stereocenters. The van der Waals surface area contributed by atoms with Gasteiger partial charge in [-0.15, -0.1) is 0 Å². The van der Waals surface area contributed by atoms with Gasteiger partial charge in [0.15, 0.2) is 0 Å². The summed E-state index contributed by atoms with van der Waals surface area (Å²) in [6.45, 7) is 3.46. The molecule has 0 amide bonds. The lowest BCUT2D eigenvalue weighted by atomic mass is 9.69. The van der Waals surface area contributed by atoms with Crippen molar-refractivity contribution in [2.75, 3.05) is 0 Å². The second-order valence-corrected chi connectivity index (χ2v) is 5.28. The molecule has 0 unspecified atom stereocenters. The summed E-state index contributed by atoms with van der Waals surface area (Å²) in [7, 11) is 0. The van der Waals surface area contributed by atoms with E-state index >= 15 is 0 Å². The zero-order chi connectivity index (χ0) is 12.7. The smallest absolute Gasteiger partial charge is 0.123 e. The Balaban J connectivity index is 2.49. The van der Waals surface area contributed by atoms with Crippen molar-refractivity contribution in [3.63, 3.8) is 0 Å². The number of halogens is 1. The fraction of sp³-hybridized carbons (Fsp3) is 0.500. The van der Waals surface area contributed by atoms with Crippen LogP contribution in [0.15, 0.2) is 24.3 Å². The predicted octanol–water partition coefficient (Wildman–Crippen LogP) is 2.97. The van der Waals surface area contributed by atoms with Crippen LogP contribution in [0.5, 0.6) is 0 Å². The minimum atomic E-state index is -1.19. The number of hydrogen-bond donors (Lipinski definition) is 1. The van der Waals surface area contributed by atoms with E-state index in [4.69, 9.17) is 0 Å². The molecule has 1 aliphatic carbocycles. The number of rotatable bonds is 3. The van der Waals surface area contributed by atoms with Crippen LogP contribution in [0.2, 0.25) is 0 Å². The van der Waals surface area contributed by atoms with Crippen molar-refractivity contribution in [2.45, 2.75) is 32.3 Å². The maximum absolute atomic E-state index is 12.9. The maximum atomic E-state index is 12.9. The summed E-state index contributed by atoms with van der Waals surface area (Å²) in [6, 6.07) is 7.98. The minimum absolute atomic E-state index is 0.0996. The molecule has 17 heavy (non-hydrogen) atoms. The second kappa shape index (κ2) is 3.82. The highest BCUT2D eigenvalue weighted by Crippen LogP contribution is 2.54. The van der Waals surface area contributed by atoms with Crippen LogP contribution in [0.4, 0.5) is 4.39 Å². The predicted molar refractivity (Wildman–Crippen MR) is 62.4 cm³/mol. The summed E-state index contributed by atoms with van der Waals surface area (Å²) in [5.41, 5.74) is -1.44. The molecule has 90 valence electrons. The first kappa shape index (κ1) is 12.1. The summed E-state index contributed by atoms with van der Waals surface area (Å²) in [4.78, 5) is 0. The number of nitriles is 1. The molecule has 0 spiro atoms. The second-order valence-electron chi connectivity index (χ2n) is 5.28. The van der Waals surface area contributed by atoms with Crippen molar-refractivity contribution in [1.29, 1.82) is 5.26 Å². The minimum Gasteiger partial charge on any atom is -0.383 e. The average Bonchev–Trinajstić information content (AvgIpc) is 3.13. The zero-order valence-corrected chi connectivity index (χ0v) is 10.1. The molecule has 2 rings (SSSR count). The van der Waals surface area contributed by atoms with Gasteiger partial charge in [-0.1, -0.05) is 12.1 Å². The summed E-state index contributed by atoms with van der Waals surface area (Å²) in [5.74, 6) is -0.232. The fourth-order valence-electron chi connectivity index (χ4n) is 2.40. The Morgan fingerprint density at radius 2 is 1.82 bits per heavy atom. The quantitative estimate of drug-likeness (QED) is 0.872. The van der Waals surface area contributed by atoms with Crippen molar-refractivity contribution in [1.82, 2.24) is 0 Å². The van der Waals surface area contributed by atoms with Crippen LogP contribution < -0.4 is 0 Å². The summed E-state index contributed by atoms with van der Waals surface area (Å²) < 4.78 is 12.9. The highest BCUT2D eigenvalue weighted by atomic mass is 19.1. The molecule has 1 fully saturated rings. The lowest BCUT2D eigenvalue weighted by molar-refractivity contribution is -0.0654. The van der Waals surface area contributed by atoms with E-state index in [1.54, 1.807) is 26.0 Å². The standard InChI is InChI=1S/C14H16FNO/c1-13(2,9-16)14(17,10-3-4-10)11-5-7-12(15)8-6-11/h5-8,10,17H,3-4H2,1-2H3/t14-/m0/s1. The van der Waals surface area contributed by atoms with Crippen LogP contribution in [-0.2, 0) is 5.60 Å². The third-order valence-electron chi connectivity index (χ3n) is 3.68. The van der Waals surface area contributed by atoms with Gasteiger partial charge in [0.2, 0.25) is 0 Å². The Morgan fingerprint density at radius 1 is 1.29 bits per heavy atom. The van der Waals surface area contributed by atoms with Crippen LogP contribution in [0.1, 0.15) is 32.3 Å². The van der Waals surface area contributed by atoms with Gasteiger partial charge in [-0.2, -0.15) is 5.26 Å². The van der Waals surface area contributed by atoms with Gasteiger partial charge in [-0.05, 0) is 50.3 Å². The van der Waals surface area contributed by atoms with Gasteiger partial charge in [0.1, 0.15) is 11.4 Å². The van der Waals surface area contributed by atoms with Crippen LogP contribution >= 0.6 is 0 Å². The van der Waals surface area contributed by atoms with Crippen molar-refractivity contribution in [3.05, 3.63) is 35.6 Å². The van der Waals surface area contributed by atoms with E-state index in [1.807, 2.05) is 0 Å². The van der Waals surface area contributed by atoms with Gasteiger partial charge in [0.05, 0.1) is 11.5 Å². The van der Waals surface area contributed by atoms with Crippen LogP contribution in [0.3, 0.4) is 0 Å². The van der Waals surface area contributed by atoms with Crippen molar-refractivity contribution in [3.8, 4) is 6.07 Å². The molecule has 1 aromatic rings.